The maximum atomic E-state index is 4.56. The van der Waals surface area contributed by atoms with E-state index in [0.29, 0.717) is 0 Å². The zero-order chi connectivity index (χ0) is 15.4. The average Bonchev–Trinajstić information content (AvgIpc) is 3.15. The molecule has 0 amide bonds. The molecule has 0 spiro atoms. The van der Waals surface area contributed by atoms with Crippen LogP contribution in [-0.4, -0.2) is 19.7 Å². The molecule has 1 N–H and O–H groups in total. The van der Waals surface area contributed by atoms with Crippen LogP contribution >= 0.6 is 0 Å². The SMILES string of the molecule is CCc1n[nH]c(CC)c1Cc1nccn1Cc1ccccc1. The van der Waals surface area contributed by atoms with E-state index < -0.39 is 0 Å². The van der Waals surface area contributed by atoms with Crippen LogP contribution in [0, 0.1) is 0 Å². The molecular formula is C18H22N4. The van der Waals surface area contributed by atoms with Crippen LogP contribution in [0.1, 0.15) is 42.2 Å². The van der Waals surface area contributed by atoms with Crippen LogP contribution in [-0.2, 0) is 25.8 Å². The van der Waals surface area contributed by atoms with Crippen molar-refractivity contribution in [3.63, 3.8) is 0 Å². The van der Waals surface area contributed by atoms with Crippen molar-refractivity contribution in [2.24, 2.45) is 0 Å². The number of H-pyrrole nitrogens is 1. The van der Waals surface area contributed by atoms with E-state index in [1.807, 2.05) is 12.3 Å². The second-order valence-electron chi connectivity index (χ2n) is 5.47. The van der Waals surface area contributed by atoms with Crippen LogP contribution < -0.4 is 0 Å². The minimum absolute atomic E-state index is 0.836. The van der Waals surface area contributed by atoms with E-state index in [0.717, 1.165) is 37.3 Å². The van der Waals surface area contributed by atoms with Crippen LogP contribution in [0.2, 0.25) is 0 Å². The molecule has 114 valence electrons. The van der Waals surface area contributed by atoms with E-state index in [1.165, 1.54) is 16.8 Å². The fourth-order valence-corrected chi connectivity index (χ4v) is 2.83. The summed E-state index contributed by atoms with van der Waals surface area (Å²) in [6, 6.07) is 10.5. The van der Waals surface area contributed by atoms with Gasteiger partial charge in [0.2, 0.25) is 0 Å². The molecule has 0 aliphatic carbocycles. The Kier molecular flexibility index (Phi) is 4.37. The molecule has 0 bridgehead atoms. The van der Waals surface area contributed by atoms with Crippen molar-refractivity contribution in [3.8, 4) is 0 Å². The maximum Gasteiger partial charge on any atom is 0.113 e. The summed E-state index contributed by atoms with van der Waals surface area (Å²) in [5.41, 5.74) is 4.99. The number of rotatable bonds is 6. The molecule has 0 radical (unpaired) electrons. The van der Waals surface area contributed by atoms with Crippen LogP contribution in [0.5, 0.6) is 0 Å². The first-order valence-corrected chi connectivity index (χ1v) is 7.90. The highest BCUT2D eigenvalue weighted by Gasteiger charge is 2.14. The first kappa shape index (κ1) is 14.6. The second-order valence-corrected chi connectivity index (χ2v) is 5.47. The predicted molar refractivity (Wildman–Crippen MR) is 87.9 cm³/mol. The van der Waals surface area contributed by atoms with Gasteiger partial charge in [0.15, 0.2) is 0 Å². The summed E-state index contributed by atoms with van der Waals surface area (Å²) < 4.78 is 2.22. The molecule has 2 heterocycles. The van der Waals surface area contributed by atoms with Crippen LogP contribution in [0.4, 0.5) is 0 Å². The Labute approximate surface area is 131 Å². The van der Waals surface area contributed by atoms with Gasteiger partial charge in [0.05, 0.1) is 5.69 Å². The van der Waals surface area contributed by atoms with Crippen molar-refractivity contribution < 1.29 is 0 Å². The van der Waals surface area contributed by atoms with E-state index in [-0.39, 0.29) is 0 Å². The molecule has 3 rings (SSSR count). The Morgan fingerprint density at radius 3 is 2.64 bits per heavy atom. The van der Waals surface area contributed by atoms with Crippen LogP contribution in [0.15, 0.2) is 42.7 Å². The summed E-state index contributed by atoms with van der Waals surface area (Å²) in [5, 5.41) is 7.61. The first-order chi connectivity index (χ1) is 10.8. The van der Waals surface area contributed by atoms with Gasteiger partial charge in [0.1, 0.15) is 5.82 Å². The predicted octanol–water partition coefficient (Wildman–Crippen LogP) is 3.37. The third-order valence-electron chi connectivity index (χ3n) is 4.06. The molecule has 0 saturated carbocycles. The van der Waals surface area contributed by atoms with Gasteiger partial charge in [-0.2, -0.15) is 5.10 Å². The quantitative estimate of drug-likeness (QED) is 0.757. The Bertz CT molecular complexity index is 703. The summed E-state index contributed by atoms with van der Waals surface area (Å²) in [6.07, 6.45) is 6.70. The number of hydrogen-bond donors (Lipinski definition) is 1. The number of aryl methyl sites for hydroxylation is 2. The molecule has 0 saturated heterocycles. The lowest BCUT2D eigenvalue weighted by atomic mass is 10.1. The molecule has 0 aliphatic heterocycles. The third-order valence-corrected chi connectivity index (χ3v) is 4.06. The maximum absolute atomic E-state index is 4.56. The molecular weight excluding hydrogens is 272 g/mol. The highest BCUT2D eigenvalue weighted by molar-refractivity contribution is 5.29. The van der Waals surface area contributed by atoms with Gasteiger partial charge in [-0.25, -0.2) is 4.98 Å². The Morgan fingerprint density at radius 2 is 1.91 bits per heavy atom. The molecule has 4 heteroatoms. The van der Waals surface area contributed by atoms with E-state index in [9.17, 15) is 0 Å². The van der Waals surface area contributed by atoms with Gasteiger partial charge >= 0.3 is 0 Å². The van der Waals surface area contributed by atoms with E-state index >= 15 is 0 Å². The van der Waals surface area contributed by atoms with E-state index in [4.69, 9.17) is 0 Å². The molecule has 4 nitrogen and oxygen atoms in total. The molecule has 2 aromatic heterocycles. The zero-order valence-electron chi connectivity index (χ0n) is 13.2. The zero-order valence-corrected chi connectivity index (χ0v) is 13.2. The summed E-state index contributed by atoms with van der Waals surface area (Å²) in [7, 11) is 0. The van der Waals surface area contributed by atoms with Crippen molar-refractivity contribution in [3.05, 3.63) is 71.1 Å². The Morgan fingerprint density at radius 1 is 1.09 bits per heavy atom. The topological polar surface area (TPSA) is 46.5 Å². The van der Waals surface area contributed by atoms with Crippen LogP contribution in [0.25, 0.3) is 0 Å². The van der Waals surface area contributed by atoms with Gasteiger partial charge in [-0.15, -0.1) is 0 Å². The minimum atomic E-state index is 0.836. The van der Waals surface area contributed by atoms with Crippen molar-refractivity contribution >= 4 is 0 Å². The van der Waals surface area contributed by atoms with Gasteiger partial charge in [0, 0.05) is 36.6 Å². The Balaban J connectivity index is 1.85. The molecule has 0 unspecified atom stereocenters. The van der Waals surface area contributed by atoms with E-state index in [2.05, 4.69) is 64.1 Å². The molecule has 0 atom stereocenters. The molecule has 3 aromatic rings. The van der Waals surface area contributed by atoms with Crippen molar-refractivity contribution in [2.75, 3.05) is 0 Å². The van der Waals surface area contributed by atoms with Crippen molar-refractivity contribution in [1.29, 1.82) is 0 Å². The normalized spacial score (nSPS) is 11.0. The molecule has 0 aliphatic rings. The summed E-state index contributed by atoms with van der Waals surface area (Å²) in [6.45, 7) is 5.17. The standard InChI is InChI=1S/C18H22N4/c1-3-16-15(17(4-2)21-20-16)12-18-19-10-11-22(18)13-14-8-6-5-7-9-14/h5-11H,3-4,12-13H2,1-2H3,(H,20,21). The van der Waals surface area contributed by atoms with Gasteiger partial charge in [-0.1, -0.05) is 44.2 Å². The molecule has 0 fully saturated rings. The van der Waals surface area contributed by atoms with Gasteiger partial charge < -0.3 is 4.57 Å². The summed E-state index contributed by atoms with van der Waals surface area (Å²) in [4.78, 5) is 4.56. The average molecular weight is 294 g/mol. The van der Waals surface area contributed by atoms with Crippen molar-refractivity contribution in [1.82, 2.24) is 19.7 Å². The number of aromatic nitrogens is 4. The lowest BCUT2D eigenvalue weighted by Gasteiger charge is -2.09. The van der Waals surface area contributed by atoms with E-state index in [1.54, 1.807) is 0 Å². The fraction of sp³-hybridized carbons (Fsp3) is 0.333. The lowest BCUT2D eigenvalue weighted by Crippen LogP contribution is -2.07. The lowest BCUT2D eigenvalue weighted by molar-refractivity contribution is 0.736. The second kappa shape index (κ2) is 6.60. The third kappa shape index (κ3) is 2.96. The smallest absolute Gasteiger partial charge is 0.113 e. The number of nitrogens with zero attached hydrogens (tertiary/aromatic N) is 3. The largest absolute Gasteiger partial charge is 0.330 e. The first-order valence-electron chi connectivity index (χ1n) is 7.90. The highest BCUT2D eigenvalue weighted by Crippen LogP contribution is 2.18. The van der Waals surface area contributed by atoms with Gasteiger partial charge in [-0.05, 0) is 18.4 Å². The molecule has 1 aromatic carbocycles. The Hall–Kier alpha value is -2.36. The number of aromatic amines is 1. The number of nitrogens with one attached hydrogen (secondary N) is 1. The van der Waals surface area contributed by atoms with Crippen LogP contribution in [0.3, 0.4) is 0 Å². The fourth-order valence-electron chi connectivity index (χ4n) is 2.83. The minimum Gasteiger partial charge on any atom is -0.330 e. The summed E-state index contributed by atoms with van der Waals surface area (Å²) in [5.74, 6) is 1.09. The monoisotopic (exact) mass is 294 g/mol. The van der Waals surface area contributed by atoms with Gasteiger partial charge in [-0.3, -0.25) is 5.10 Å². The van der Waals surface area contributed by atoms with Gasteiger partial charge in [0.25, 0.3) is 0 Å². The molecule has 22 heavy (non-hydrogen) atoms. The summed E-state index contributed by atoms with van der Waals surface area (Å²) >= 11 is 0. The highest BCUT2D eigenvalue weighted by atomic mass is 15.1. The number of benzene rings is 1. The number of imidazole rings is 1. The number of hydrogen-bond acceptors (Lipinski definition) is 2. The van der Waals surface area contributed by atoms with Crippen molar-refractivity contribution in [2.45, 2.75) is 39.7 Å².